The van der Waals surface area contributed by atoms with Crippen molar-refractivity contribution in [2.75, 3.05) is 32.1 Å². The van der Waals surface area contributed by atoms with Crippen LogP contribution in [0.4, 0.5) is 0 Å². The third kappa shape index (κ3) is 49.5. The predicted molar refractivity (Wildman–Crippen MR) is 319 cm³/mol. The van der Waals surface area contributed by atoms with Crippen molar-refractivity contribution in [2.45, 2.75) is 309 Å². The minimum Gasteiger partial charge on any atom is -0.481 e. The molecule has 0 aliphatic heterocycles. The first-order chi connectivity index (χ1) is 37.8. The number of hydrogen-bond acceptors (Lipinski definition) is 10. The van der Waals surface area contributed by atoms with Gasteiger partial charge in [-0.2, -0.15) is 8.42 Å². The molecule has 0 aromatic heterocycles. The molecule has 0 atom stereocenters. The van der Waals surface area contributed by atoms with Gasteiger partial charge in [0.1, 0.15) is 25.4 Å². The van der Waals surface area contributed by atoms with Crippen LogP contribution in [0.15, 0.2) is 36.5 Å². The summed E-state index contributed by atoms with van der Waals surface area (Å²) in [6.07, 6.45) is 55.1. The number of hydrogen-bond donors (Lipinski definition) is 2. The number of aliphatic carboxylic acids is 1. The number of amides is 1. The van der Waals surface area contributed by atoms with E-state index in [1.54, 1.807) is 0 Å². The molecule has 0 spiro atoms. The van der Waals surface area contributed by atoms with Gasteiger partial charge in [0.15, 0.2) is 0 Å². The van der Waals surface area contributed by atoms with E-state index in [9.17, 15) is 42.0 Å². The first-order valence-electron chi connectivity index (χ1n) is 31.7. The van der Waals surface area contributed by atoms with Gasteiger partial charge >= 0.3 is 23.9 Å². The summed E-state index contributed by atoms with van der Waals surface area (Å²) < 4.78 is 51.6. The van der Waals surface area contributed by atoms with Gasteiger partial charge < -0.3 is 24.2 Å². The van der Waals surface area contributed by atoms with Gasteiger partial charge in [0, 0.05) is 32.2 Å². The summed E-state index contributed by atoms with van der Waals surface area (Å²) in [5.74, 6) is -4.93. The Morgan fingerprint density at radius 3 is 0.897 bits per heavy atom. The lowest BCUT2D eigenvalue weighted by atomic mass is 9.98. The summed E-state index contributed by atoms with van der Waals surface area (Å²) in [4.78, 5) is 66.8. The number of rotatable bonds is 58. The predicted octanol–water partition coefficient (Wildman–Crippen LogP) is 17.0. The summed E-state index contributed by atoms with van der Waals surface area (Å²) >= 11 is 0. The molecule has 0 radical (unpaired) electrons. The standard InChI is InChI=1S/C64H115NO12S/c1-4-7-10-13-16-19-22-25-28-31-34-37-40-43-46-49-61(69)75-56-64(65(54-55-78(72,73)74)59(66)52-53-60(67)68,57-76-62(70)50-47-44-41-38-35-32-29-26-23-20-17-14-11-8-5-2)58-77-63(71)51-48-45-42-39-36-33-30-27-24-21-18-15-12-9-6-3/h25-30H,4-24,31-58H2,1-3H3,(H,67,68)(H,72,73,74)/b28-25+,29-26+,30-27+. The summed E-state index contributed by atoms with van der Waals surface area (Å²) in [5.41, 5.74) is -1.94. The topological polar surface area (TPSA) is 191 Å². The molecule has 0 aromatic rings. The molecule has 0 aliphatic rings. The molecule has 2 N–H and O–H groups in total. The van der Waals surface area contributed by atoms with Gasteiger partial charge in [0.05, 0.1) is 12.2 Å². The SMILES string of the molecule is CCCCCCCC/C=C/CCCCCCCC(=O)OCC(COC(=O)CCCCCCC/C=C/CCCCCCCC)(COC(=O)CCCCCCC/C=C/CCCCCCCC)N(CCS(=O)(=O)O)C(=O)CCC(=O)O. The number of allylic oxidation sites excluding steroid dienone is 6. The van der Waals surface area contributed by atoms with Gasteiger partial charge in [0.25, 0.3) is 10.1 Å². The van der Waals surface area contributed by atoms with Crippen molar-refractivity contribution in [3.8, 4) is 0 Å². The maximum atomic E-state index is 14.0. The maximum absolute atomic E-state index is 14.0. The fraction of sp³-hybridized carbons (Fsp3) is 0.828. The first kappa shape index (κ1) is 74.5. The number of nitrogens with zero attached hydrogens (tertiary/aromatic N) is 1. The monoisotopic (exact) mass is 1120 g/mol. The van der Waals surface area contributed by atoms with Crippen LogP contribution < -0.4 is 0 Å². The van der Waals surface area contributed by atoms with E-state index in [-0.39, 0.29) is 19.3 Å². The van der Waals surface area contributed by atoms with Crippen LogP contribution in [-0.4, -0.2) is 90.4 Å². The molecule has 78 heavy (non-hydrogen) atoms. The molecule has 0 saturated carbocycles. The number of ether oxygens (including phenoxy) is 3. The van der Waals surface area contributed by atoms with Crippen molar-refractivity contribution in [2.24, 2.45) is 0 Å². The summed E-state index contributed by atoms with van der Waals surface area (Å²) in [6, 6.07) is 0. The van der Waals surface area contributed by atoms with Crippen LogP contribution in [0.2, 0.25) is 0 Å². The Morgan fingerprint density at radius 1 is 0.385 bits per heavy atom. The molecule has 0 aliphatic carbocycles. The zero-order valence-electron chi connectivity index (χ0n) is 49.9. The highest BCUT2D eigenvalue weighted by Crippen LogP contribution is 2.24. The quantitative estimate of drug-likeness (QED) is 0.0193. The Balaban J connectivity index is 5.80. The molecular weight excluding hydrogens is 1010 g/mol. The average molecular weight is 1120 g/mol. The number of carbonyl (C=O) groups is 5. The van der Waals surface area contributed by atoms with E-state index < -0.39 is 90.4 Å². The highest BCUT2D eigenvalue weighted by Gasteiger charge is 2.44. The third-order valence-electron chi connectivity index (χ3n) is 14.4. The van der Waals surface area contributed by atoms with E-state index in [2.05, 4.69) is 57.2 Å². The number of carbonyl (C=O) groups excluding carboxylic acids is 4. The zero-order valence-corrected chi connectivity index (χ0v) is 50.8. The van der Waals surface area contributed by atoms with E-state index in [1.807, 2.05) is 0 Å². The molecule has 14 heteroatoms. The van der Waals surface area contributed by atoms with E-state index in [1.165, 1.54) is 116 Å². The molecule has 0 rings (SSSR count). The molecule has 0 aromatic carbocycles. The Morgan fingerprint density at radius 2 is 0.641 bits per heavy atom. The third-order valence-corrected chi connectivity index (χ3v) is 15.1. The van der Waals surface area contributed by atoms with E-state index in [4.69, 9.17) is 14.2 Å². The van der Waals surface area contributed by atoms with Crippen LogP contribution >= 0.6 is 0 Å². The van der Waals surface area contributed by atoms with Crippen LogP contribution in [-0.2, 0) is 48.3 Å². The molecule has 0 saturated heterocycles. The Bertz CT molecular complexity index is 1540. The van der Waals surface area contributed by atoms with E-state index in [0.29, 0.717) is 19.3 Å². The van der Waals surface area contributed by atoms with Crippen molar-refractivity contribution in [1.82, 2.24) is 4.90 Å². The van der Waals surface area contributed by atoms with Gasteiger partial charge in [-0.3, -0.25) is 28.5 Å². The maximum Gasteiger partial charge on any atom is 0.305 e. The molecule has 0 fully saturated rings. The smallest absolute Gasteiger partial charge is 0.305 e. The number of unbranched alkanes of at least 4 members (excludes halogenated alkanes) is 33. The van der Waals surface area contributed by atoms with Gasteiger partial charge in [-0.05, 0) is 96.3 Å². The van der Waals surface area contributed by atoms with Gasteiger partial charge in [0.2, 0.25) is 5.91 Å². The zero-order chi connectivity index (χ0) is 57.5. The minimum absolute atomic E-state index is 0.0523. The second kappa shape index (κ2) is 54.1. The highest BCUT2D eigenvalue weighted by atomic mass is 32.2. The first-order valence-corrected chi connectivity index (χ1v) is 33.3. The second-order valence-electron chi connectivity index (χ2n) is 21.9. The van der Waals surface area contributed by atoms with Crippen molar-refractivity contribution < 1.29 is 56.3 Å². The van der Waals surface area contributed by atoms with Crippen LogP contribution in [0.25, 0.3) is 0 Å². The molecule has 13 nitrogen and oxygen atoms in total. The van der Waals surface area contributed by atoms with Gasteiger partial charge in [-0.15, -0.1) is 0 Å². The van der Waals surface area contributed by atoms with E-state index >= 15 is 0 Å². The minimum atomic E-state index is -4.68. The lowest BCUT2D eigenvalue weighted by molar-refractivity contribution is -0.172. The molecular formula is C64H115NO12S. The lowest BCUT2D eigenvalue weighted by Gasteiger charge is -2.42. The van der Waals surface area contributed by atoms with Crippen LogP contribution in [0.5, 0.6) is 0 Å². The van der Waals surface area contributed by atoms with Gasteiger partial charge in [-0.25, -0.2) is 0 Å². The van der Waals surface area contributed by atoms with Gasteiger partial charge in [-0.1, -0.05) is 211 Å². The van der Waals surface area contributed by atoms with Crippen molar-refractivity contribution in [3.63, 3.8) is 0 Å². The molecule has 1 amide bonds. The number of carboxylic acids is 1. The normalized spacial score (nSPS) is 12.1. The fourth-order valence-corrected chi connectivity index (χ4v) is 9.84. The van der Waals surface area contributed by atoms with Crippen LogP contribution in [0.1, 0.15) is 303 Å². The molecule has 0 bridgehead atoms. The summed E-state index contributed by atoms with van der Waals surface area (Å²) in [5, 5.41) is 9.50. The number of carboxylic acid groups (broad SMARTS) is 1. The molecule has 0 unspecified atom stereocenters. The van der Waals surface area contributed by atoms with Crippen LogP contribution in [0, 0.1) is 0 Å². The highest BCUT2D eigenvalue weighted by molar-refractivity contribution is 7.85. The fourth-order valence-electron chi connectivity index (χ4n) is 9.42. The van der Waals surface area contributed by atoms with Crippen molar-refractivity contribution in [1.29, 1.82) is 0 Å². The Labute approximate surface area is 476 Å². The largest absolute Gasteiger partial charge is 0.481 e. The molecule has 454 valence electrons. The molecule has 0 heterocycles. The second-order valence-corrected chi connectivity index (χ2v) is 23.5. The summed E-state index contributed by atoms with van der Waals surface area (Å²) in [7, 11) is -4.68. The average Bonchev–Trinajstić information content (AvgIpc) is 3.41. The van der Waals surface area contributed by atoms with Crippen molar-refractivity contribution in [3.05, 3.63) is 36.5 Å². The summed E-state index contributed by atoms with van der Waals surface area (Å²) in [6.45, 7) is 4.10. The Hall–Kier alpha value is -3.52. The number of esters is 3. The Kier molecular flexibility index (Phi) is 51.6. The van der Waals surface area contributed by atoms with E-state index in [0.717, 1.165) is 120 Å². The van der Waals surface area contributed by atoms with Crippen LogP contribution in [0.3, 0.4) is 0 Å². The lowest BCUT2D eigenvalue weighted by Crippen LogP contribution is -2.62. The van der Waals surface area contributed by atoms with Crippen molar-refractivity contribution >= 4 is 39.9 Å².